The molecule has 15 heavy (non-hydrogen) atoms. The number of H-pyrrole nitrogens is 1. The van der Waals surface area contributed by atoms with Crippen LogP contribution in [0.25, 0.3) is 21.8 Å². The number of hydrogen-bond donors (Lipinski definition) is 2. The van der Waals surface area contributed by atoms with Crippen molar-refractivity contribution < 1.29 is 0 Å². The number of nitrogen functional groups attached to an aromatic ring is 1. The zero-order valence-electron chi connectivity index (χ0n) is 7.66. The Morgan fingerprint density at radius 1 is 1.27 bits per heavy atom. The number of rotatable bonds is 0. The van der Waals surface area contributed by atoms with Crippen molar-refractivity contribution >= 4 is 50.2 Å². The second kappa shape index (κ2) is 3.06. The lowest BCUT2D eigenvalue weighted by molar-refractivity contribution is 1.16. The summed E-state index contributed by atoms with van der Waals surface area (Å²) in [6.45, 7) is 0. The molecule has 0 spiro atoms. The summed E-state index contributed by atoms with van der Waals surface area (Å²) in [6.07, 6.45) is 1.78. The second-order valence-corrected chi connectivity index (χ2v) is 4.30. The molecular formula is C10H7IN4. The van der Waals surface area contributed by atoms with Crippen LogP contribution in [0.5, 0.6) is 0 Å². The molecule has 0 amide bonds. The Morgan fingerprint density at radius 2 is 2.13 bits per heavy atom. The number of benzene rings is 1. The molecule has 0 saturated carbocycles. The van der Waals surface area contributed by atoms with E-state index in [-0.39, 0.29) is 0 Å². The lowest BCUT2D eigenvalue weighted by Gasteiger charge is -2.04. The van der Waals surface area contributed by atoms with Gasteiger partial charge in [0.1, 0.15) is 5.82 Å². The topological polar surface area (TPSA) is 67.6 Å². The van der Waals surface area contributed by atoms with Crippen LogP contribution in [-0.2, 0) is 0 Å². The number of fused-ring (bicyclic) bond motifs is 3. The first kappa shape index (κ1) is 8.90. The lowest BCUT2D eigenvalue weighted by Crippen LogP contribution is -1.97. The second-order valence-electron chi connectivity index (χ2n) is 3.28. The highest BCUT2D eigenvalue weighted by Crippen LogP contribution is 2.27. The first-order valence-corrected chi connectivity index (χ1v) is 5.52. The summed E-state index contributed by atoms with van der Waals surface area (Å²) >= 11 is 2.11. The summed E-state index contributed by atoms with van der Waals surface area (Å²) in [7, 11) is 0. The quantitative estimate of drug-likeness (QED) is 0.494. The number of nitrogens with zero attached hydrogens (tertiary/aromatic N) is 2. The van der Waals surface area contributed by atoms with Gasteiger partial charge in [-0.3, -0.25) is 4.98 Å². The van der Waals surface area contributed by atoms with Crippen molar-refractivity contribution in [2.75, 3.05) is 5.73 Å². The largest absolute Gasteiger partial charge is 0.383 e. The molecule has 3 aromatic rings. The standard InChI is InChI=1S/C10H7IN4/c11-10-14-7-2-1-6-5(3-4-13-6)8(7)9(12)15-10/h1-4H,12H2,(H,14,15). The Kier molecular flexibility index (Phi) is 1.82. The predicted molar refractivity (Wildman–Crippen MR) is 68.5 cm³/mol. The van der Waals surface area contributed by atoms with Crippen LogP contribution >= 0.6 is 22.6 Å². The van der Waals surface area contributed by atoms with E-state index in [4.69, 9.17) is 5.73 Å². The number of aromatic amines is 1. The molecule has 2 heterocycles. The van der Waals surface area contributed by atoms with Crippen LogP contribution in [0.2, 0.25) is 0 Å². The number of nitrogens with one attached hydrogen (secondary N) is 1. The van der Waals surface area contributed by atoms with E-state index < -0.39 is 0 Å². The fourth-order valence-corrected chi connectivity index (χ4v) is 2.31. The first-order chi connectivity index (χ1) is 7.25. The molecule has 3 N–H and O–H groups in total. The van der Waals surface area contributed by atoms with Crippen LogP contribution in [0.15, 0.2) is 24.4 Å². The maximum absolute atomic E-state index is 5.92. The highest BCUT2D eigenvalue weighted by Gasteiger charge is 2.07. The third-order valence-electron chi connectivity index (χ3n) is 2.39. The smallest absolute Gasteiger partial charge is 0.171 e. The molecule has 4 nitrogen and oxygen atoms in total. The monoisotopic (exact) mass is 310 g/mol. The molecule has 74 valence electrons. The molecule has 5 heteroatoms. The predicted octanol–water partition coefficient (Wildman–Crippen LogP) is 2.30. The molecule has 0 fully saturated rings. The minimum Gasteiger partial charge on any atom is -0.383 e. The summed E-state index contributed by atoms with van der Waals surface area (Å²) in [6, 6.07) is 5.91. The van der Waals surface area contributed by atoms with Gasteiger partial charge in [-0.05, 0) is 40.8 Å². The number of hydrogen-bond acceptors (Lipinski definition) is 3. The molecular weight excluding hydrogens is 303 g/mol. The first-order valence-electron chi connectivity index (χ1n) is 4.44. The van der Waals surface area contributed by atoms with Crippen LogP contribution < -0.4 is 5.73 Å². The van der Waals surface area contributed by atoms with E-state index in [2.05, 4.69) is 37.5 Å². The van der Waals surface area contributed by atoms with E-state index in [1.807, 2.05) is 18.2 Å². The van der Waals surface area contributed by atoms with Crippen molar-refractivity contribution in [1.82, 2.24) is 15.0 Å². The third kappa shape index (κ3) is 1.26. The summed E-state index contributed by atoms with van der Waals surface area (Å²) in [5, 5.41) is 2.00. The van der Waals surface area contributed by atoms with Crippen molar-refractivity contribution in [3.05, 3.63) is 28.2 Å². The molecule has 0 saturated heterocycles. The zero-order valence-corrected chi connectivity index (χ0v) is 9.82. The van der Waals surface area contributed by atoms with E-state index in [9.17, 15) is 0 Å². The van der Waals surface area contributed by atoms with Crippen LogP contribution in [0, 0.1) is 3.83 Å². The van der Waals surface area contributed by atoms with E-state index in [1.165, 1.54) is 0 Å². The van der Waals surface area contributed by atoms with Gasteiger partial charge in [0.2, 0.25) is 0 Å². The average Bonchev–Trinajstić information content (AvgIpc) is 2.63. The average molecular weight is 310 g/mol. The maximum Gasteiger partial charge on any atom is 0.171 e. The van der Waals surface area contributed by atoms with Gasteiger partial charge in [0.15, 0.2) is 3.83 Å². The summed E-state index contributed by atoms with van der Waals surface area (Å²) in [5.74, 6) is 0.548. The number of aromatic nitrogens is 3. The molecule has 2 aromatic heterocycles. The molecule has 0 aliphatic rings. The van der Waals surface area contributed by atoms with E-state index in [1.54, 1.807) is 6.20 Å². The molecule has 0 aliphatic carbocycles. The fraction of sp³-hybridized carbons (Fsp3) is 0. The maximum atomic E-state index is 5.92. The fourth-order valence-electron chi connectivity index (χ4n) is 1.76. The Labute approximate surface area is 99.0 Å². The highest BCUT2D eigenvalue weighted by atomic mass is 127. The van der Waals surface area contributed by atoms with Gasteiger partial charge < -0.3 is 10.7 Å². The Hall–Kier alpha value is -1.37. The Bertz CT molecular complexity index is 659. The molecule has 0 unspecified atom stereocenters. The summed E-state index contributed by atoms with van der Waals surface area (Å²) in [4.78, 5) is 11.6. The van der Waals surface area contributed by atoms with Crippen molar-refractivity contribution in [2.45, 2.75) is 0 Å². The van der Waals surface area contributed by atoms with Crippen molar-refractivity contribution in [3.8, 4) is 0 Å². The van der Waals surface area contributed by atoms with Gasteiger partial charge in [-0.2, -0.15) is 0 Å². The van der Waals surface area contributed by atoms with Gasteiger partial charge in [0.05, 0.1) is 11.0 Å². The Balaban J connectivity index is 2.62. The third-order valence-corrected chi connectivity index (χ3v) is 2.90. The number of nitrogens with two attached hydrogens (primary N) is 1. The Morgan fingerprint density at radius 3 is 3.00 bits per heavy atom. The van der Waals surface area contributed by atoms with Crippen molar-refractivity contribution in [1.29, 1.82) is 0 Å². The van der Waals surface area contributed by atoms with Gasteiger partial charge in [-0.25, -0.2) is 4.98 Å². The molecule has 0 atom stereocenters. The SMILES string of the molecule is Nc1nc(I)[nH]c2ccc3nccc3c12. The van der Waals surface area contributed by atoms with Gasteiger partial charge >= 0.3 is 0 Å². The van der Waals surface area contributed by atoms with Crippen molar-refractivity contribution in [3.63, 3.8) is 0 Å². The normalized spacial score (nSPS) is 11.3. The van der Waals surface area contributed by atoms with Gasteiger partial charge in [-0.15, -0.1) is 0 Å². The molecule has 0 radical (unpaired) electrons. The molecule has 0 aliphatic heterocycles. The van der Waals surface area contributed by atoms with Crippen LogP contribution in [-0.4, -0.2) is 15.0 Å². The van der Waals surface area contributed by atoms with Crippen LogP contribution in [0.3, 0.4) is 0 Å². The van der Waals surface area contributed by atoms with Crippen LogP contribution in [0.1, 0.15) is 0 Å². The lowest BCUT2D eigenvalue weighted by atomic mass is 10.1. The van der Waals surface area contributed by atoms with E-state index in [0.717, 1.165) is 25.6 Å². The highest BCUT2D eigenvalue weighted by molar-refractivity contribution is 14.1. The zero-order chi connectivity index (χ0) is 10.4. The molecule has 1 aromatic carbocycles. The van der Waals surface area contributed by atoms with Gasteiger partial charge in [-0.1, -0.05) is 0 Å². The van der Waals surface area contributed by atoms with Crippen molar-refractivity contribution in [2.24, 2.45) is 0 Å². The van der Waals surface area contributed by atoms with E-state index in [0.29, 0.717) is 5.82 Å². The van der Waals surface area contributed by atoms with Crippen LogP contribution in [0.4, 0.5) is 5.82 Å². The molecule has 0 bridgehead atoms. The number of halogens is 1. The van der Waals surface area contributed by atoms with Gasteiger partial charge in [0, 0.05) is 17.0 Å². The minimum atomic E-state index is 0.548. The van der Waals surface area contributed by atoms with E-state index >= 15 is 0 Å². The summed E-state index contributed by atoms with van der Waals surface area (Å²) in [5.41, 5.74) is 7.86. The summed E-state index contributed by atoms with van der Waals surface area (Å²) < 4.78 is 0.788. The van der Waals surface area contributed by atoms with Gasteiger partial charge in [0.25, 0.3) is 0 Å². The molecule has 3 rings (SSSR count). The number of anilines is 1. The minimum absolute atomic E-state index is 0.548.